The lowest BCUT2D eigenvalue weighted by Gasteiger charge is -2.30. The lowest BCUT2D eigenvalue weighted by atomic mass is 10.0. The number of piperidine rings is 1. The van der Waals surface area contributed by atoms with E-state index in [-0.39, 0.29) is 22.6 Å². The van der Waals surface area contributed by atoms with E-state index >= 15 is 0 Å². The minimum absolute atomic E-state index is 0.193. The first-order valence-corrected chi connectivity index (χ1v) is 8.80. The zero-order valence-corrected chi connectivity index (χ0v) is 13.2. The first-order chi connectivity index (χ1) is 9.45. The lowest BCUT2D eigenvalue weighted by molar-refractivity contribution is -0.149. The molecule has 1 aromatic rings. The molecule has 112 valence electrons. The predicted octanol–water partition coefficient (Wildman–Crippen LogP) is 1.42. The molecule has 1 fully saturated rings. The van der Waals surface area contributed by atoms with Crippen LogP contribution < -0.4 is 0 Å². The molecule has 1 aromatic heterocycles. The van der Waals surface area contributed by atoms with Gasteiger partial charge in [-0.05, 0) is 26.7 Å². The third-order valence-electron chi connectivity index (χ3n) is 3.20. The summed E-state index contributed by atoms with van der Waals surface area (Å²) >= 11 is 1.15. The maximum Gasteiger partial charge on any atom is 0.310 e. The van der Waals surface area contributed by atoms with E-state index in [9.17, 15) is 13.2 Å². The predicted molar refractivity (Wildman–Crippen MR) is 75.0 cm³/mol. The molecule has 0 radical (unpaired) electrons. The van der Waals surface area contributed by atoms with Crippen molar-refractivity contribution >= 4 is 27.3 Å². The number of rotatable bonds is 4. The monoisotopic (exact) mass is 318 g/mol. The van der Waals surface area contributed by atoms with E-state index in [4.69, 9.17) is 4.74 Å². The van der Waals surface area contributed by atoms with Gasteiger partial charge in [0.1, 0.15) is 0 Å². The van der Waals surface area contributed by atoms with Crippen LogP contribution in [0.4, 0.5) is 0 Å². The van der Waals surface area contributed by atoms with Crippen LogP contribution in [0.25, 0.3) is 0 Å². The molecule has 8 heteroatoms. The molecule has 0 aromatic carbocycles. The Balaban J connectivity index is 2.14. The molecular formula is C12H18N2O4S2. The minimum Gasteiger partial charge on any atom is -0.466 e. The van der Waals surface area contributed by atoms with E-state index in [1.165, 1.54) is 10.5 Å². The number of carbonyl (C=O) groups excluding carboxylic acids is 1. The SMILES string of the molecule is CCOC(=O)[C@@H]1CCCN(S(=O)(=O)c2cnc(C)s2)C1. The van der Waals surface area contributed by atoms with Gasteiger partial charge in [-0.3, -0.25) is 4.79 Å². The second-order valence-corrected chi connectivity index (χ2v) is 8.05. The van der Waals surface area contributed by atoms with Gasteiger partial charge in [-0.1, -0.05) is 0 Å². The van der Waals surface area contributed by atoms with Gasteiger partial charge < -0.3 is 4.74 Å². The van der Waals surface area contributed by atoms with Crippen molar-refractivity contribution in [3.8, 4) is 0 Å². The minimum atomic E-state index is -3.54. The fourth-order valence-electron chi connectivity index (χ4n) is 2.20. The van der Waals surface area contributed by atoms with E-state index in [0.717, 1.165) is 11.3 Å². The Labute approximate surface area is 122 Å². The zero-order valence-electron chi connectivity index (χ0n) is 11.5. The number of aromatic nitrogens is 1. The van der Waals surface area contributed by atoms with E-state index in [2.05, 4.69) is 4.98 Å². The molecule has 2 rings (SSSR count). The Morgan fingerprint density at radius 2 is 2.35 bits per heavy atom. The number of esters is 1. The van der Waals surface area contributed by atoms with Gasteiger partial charge in [0.15, 0.2) is 4.21 Å². The molecule has 0 amide bonds. The van der Waals surface area contributed by atoms with Crippen LogP contribution >= 0.6 is 11.3 Å². The van der Waals surface area contributed by atoms with Crippen LogP contribution in [-0.2, 0) is 19.6 Å². The van der Waals surface area contributed by atoms with Crippen molar-refractivity contribution in [3.63, 3.8) is 0 Å². The molecule has 6 nitrogen and oxygen atoms in total. The topological polar surface area (TPSA) is 76.6 Å². The van der Waals surface area contributed by atoms with Crippen LogP contribution in [0.5, 0.6) is 0 Å². The summed E-state index contributed by atoms with van der Waals surface area (Å²) in [6.07, 6.45) is 2.72. The summed E-state index contributed by atoms with van der Waals surface area (Å²) in [6, 6.07) is 0. The Kier molecular flexibility index (Phi) is 4.77. The van der Waals surface area contributed by atoms with Crippen LogP contribution in [0.2, 0.25) is 0 Å². The Hall–Kier alpha value is -0.990. The van der Waals surface area contributed by atoms with Crippen LogP contribution in [0.1, 0.15) is 24.8 Å². The summed E-state index contributed by atoms with van der Waals surface area (Å²) in [5, 5.41) is 0.711. The number of thiazole rings is 1. The highest BCUT2D eigenvalue weighted by molar-refractivity contribution is 7.91. The lowest BCUT2D eigenvalue weighted by Crippen LogP contribution is -2.42. The van der Waals surface area contributed by atoms with Crippen molar-refractivity contribution in [2.45, 2.75) is 30.9 Å². The molecule has 1 aliphatic rings. The quantitative estimate of drug-likeness (QED) is 0.785. The van der Waals surface area contributed by atoms with Crippen molar-refractivity contribution in [1.82, 2.24) is 9.29 Å². The molecule has 0 spiro atoms. The van der Waals surface area contributed by atoms with Gasteiger partial charge >= 0.3 is 5.97 Å². The van der Waals surface area contributed by atoms with Crippen molar-refractivity contribution in [2.75, 3.05) is 19.7 Å². The van der Waals surface area contributed by atoms with Crippen LogP contribution in [0.3, 0.4) is 0 Å². The van der Waals surface area contributed by atoms with E-state index in [1.54, 1.807) is 13.8 Å². The zero-order chi connectivity index (χ0) is 14.8. The van der Waals surface area contributed by atoms with Gasteiger partial charge in [0, 0.05) is 13.1 Å². The van der Waals surface area contributed by atoms with Crippen LogP contribution in [0.15, 0.2) is 10.4 Å². The molecule has 0 aliphatic carbocycles. The van der Waals surface area contributed by atoms with Gasteiger partial charge in [0.2, 0.25) is 0 Å². The maximum atomic E-state index is 12.5. The average molecular weight is 318 g/mol. The van der Waals surface area contributed by atoms with Crippen molar-refractivity contribution in [1.29, 1.82) is 0 Å². The molecule has 0 bridgehead atoms. The third kappa shape index (κ3) is 3.18. The number of ether oxygens (including phenoxy) is 1. The van der Waals surface area contributed by atoms with Crippen LogP contribution in [0, 0.1) is 12.8 Å². The summed E-state index contributed by atoms with van der Waals surface area (Å²) in [5.41, 5.74) is 0. The number of aryl methyl sites for hydroxylation is 1. The number of hydrogen-bond donors (Lipinski definition) is 0. The molecule has 20 heavy (non-hydrogen) atoms. The molecule has 1 atom stereocenters. The molecule has 2 heterocycles. The fraction of sp³-hybridized carbons (Fsp3) is 0.667. The fourth-order valence-corrected chi connectivity index (χ4v) is 4.99. The highest BCUT2D eigenvalue weighted by atomic mass is 32.2. The Morgan fingerprint density at radius 1 is 1.60 bits per heavy atom. The van der Waals surface area contributed by atoms with Crippen molar-refractivity contribution < 1.29 is 17.9 Å². The number of nitrogens with zero attached hydrogens (tertiary/aromatic N) is 2. The first-order valence-electron chi connectivity index (χ1n) is 6.54. The van der Waals surface area contributed by atoms with Gasteiger partial charge in [0.05, 0.1) is 23.7 Å². The molecule has 0 saturated carbocycles. The normalized spacial score (nSPS) is 20.8. The highest BCUT2D eigenvalue weighted by Gasteiger charge is 2.34. The first kappa shape index (κ1) is 15.4. The smallest absolute Gasteiger partial charge is 0.310 e. The Morgan fingerprint density at radius 3 is 2.95 bits per heavy atom. The van der Waals surface area contributed by atoms with E-state index in [1.807, 2.05) is 0 Å². The molecule has 0 unspecified atom stereocenters. The summed E-state index contributed by atoms with van der Waals surface area (Å²) in [6.45, 7) is 4.46. The summed E-state index contributed by atoms with van der Waals surface area (Å²) in [7, 11) is -3.54. The van der Waals surface area contributed by atoms with Crippen molar-refractivity contribution in [3.05, 3.63) is 11.2 Å². The second-order valence-electron chi connectivity index (χ2n) is 4.65. The van der Waals surface area contributed by atoms with Gasteiger partial charge in [-0.15, -0.1) is 11.3 Å². The summed E-state index contributed by atoms with van der Waals surface area (Å²) in [5.74, 6) is -0.680. The highest BCUT2D eigenvalue weighted by Crippen LogP contribution is 2.27. The second kappa shape index (κ2) is 6.19. The molecule has 1 saturated heterocycles. The average Bonchev–Trinajstić information content (AvgIpc) is 2.86. The van der Waals surface area contributed by atoms with Crippen LogP contribution in [-0.4, -0.2) is 43.4 Å². The molecular weight excluding hydrogens is 300 g/mol. The molecule has 1 aliphatic heterocycles. The van der Waals surface area contributed by atoms with Gasteiger partial charge in [-0.25, -0.2) is 13.4 Å². The van der Waals surface area contributed by atoms with Gasteiger partial charge in [-0.2, -0.15) is 4.31 Å². The largest absolute Gasteiger partial charge is 0.466 e. The molecule has 0 N–H and O–H groups in total. The maximum absolute atomic E-state index is 12.5. The summed E-state index contributed by atoms with van der Waals surface area (Å²) < 4.78 is 31.5. The number of sulfonamides is 1. The third-order valence-corrected chi connectivity index (χ3v) is 6.41. The van der Waals surface area contributed by atoms with Crippen molar-refractivity contribution in [2.24, 2.45) is 5.92 Å². The summed E-state index contributed by atoms with van der Waals surface area (Å²) in [4.78, 5) is 15.7. The van der Waals surface area contributed by atoms with E-state index < -0.39 is 10.0 Å². The standard InChI is InChI=1S/C12H18N2O4S2/c1-3-18-12(15)10-5-4-6-14(8-10)20(16,17)11-7-13-9(2)19-11/h7,10H,3-6,8H2,1-2H3/t10-/m1/s1. The number of carbonyl (C=O) groups is 1. The van der Waals surface area contributed by atoms with Gasteiger partial charge in [0.25, 0.3) is 10.0 Å². The Bertz CT molecular complexity index is 582. The van der Waals surface area contributed by atoms with E-state index in [0.29, 0.717) is 31.0 Å². The number of hydrogen-bond acceptors (Lipinski definition) is 6.